The maximum absolute atomic E-state index is 12.3. The van der Waals surface area contributed by atoms with Crippen LogP contribution < -0.4 is 10.0 Å². The summed E-state index contributed by atoms with van der Waals surface area (Å²) in [6, 6.07) is 22.9. The molecule has 0 fully saturated rings. The van der Waals surface area contributed by atoms with Crippen molar-refractivity contribution in [1.29, 1.82) is 0 Å². The molecule has 0 aliphatic carbocycles. The van der Waals surface area contributed by atoms with Gasteiger partial charge < -0.3 is 5.32 Å². The van der Waals surface area contributed by atoms with E-state index < -0.39 is 10.0 Å². The van der Waals surface area contributed by atoms with Crippen LogP contribution in [-0.2, 0) is 10.0 Å². The average molecular weight is 392 g/mol. The first-order valence-electron chi connectivity index (χ1n) is 8.65. The number of hydrogen-bond acceptors (Lipinski definition) is 3. The van der Waals surface area contributed by atoms with Crippen LogP contribution in [0.2, 0.25) is 0 Å². The lowest BCUT2D eigenvalue weighted by atomic mass is 10.2. The summed E-state index contributed by atoms with van der Waals surface area (Å²) in [4.78, 5) is 12.3. The van der Waals surface area contributed by atoms with Crippen molar-refractivity contribution in [3.05, 3.63) is 101 Å². The summed E-state index contributed by atoms with van der Waals surface area (Å²) in [5, 5.41) is 3.91. The fraction of sp³-hybridized carbons (Fsp3) is 0.0455. The van der Waals surface area contributed by atoms with Crippen molar-refractivity contribution < 1.29 is 13.2 Å². The van der Waals surface area contributed by atoms with Gasteiger partial charge in [-0.25, -0.2) is 8.42 Å². The Morgan fingerprint density at radius 2 is 1.43 bits per heavy atom. The Morgan fingerprint density at radius 1 is 0.821 bits per heavy atom. The van der Waals surface area contributed by atoms with E-state index >= 15 is 0 Å². The molecule has 3 aromatic carbocycles. The number of aryl methyl sites for hydroxylation is 1. The molecule has 0 spiro atoms. The summed E-state index contributed by atoms with van der Waals surface area (Å²) < 4.78 is 26.8. The molecule has 0 heterocycles. The number of rotatable bonds is 6. The standard InChI is InChI=1S/C22H20N2O3S/c1-17-7-11-20(12-8-17)23-22(25)19-9-13-21(14-10-19)24-28(26,27)16-15-18-5-3-2-4-6-18/h2-16,24H,1H3,(H,23,25)/b16-15+. The Kier molecular flexibility index (Phi) is 5.91. The Morgan fingerprint density at radius 3 is 2.07 bits per heavy atom. The van der Waals surface area contributed by atoms with Gasteiger partial charge in [0.05, 0.1) is 5.41 Å². The summed E-state index contributed by atoms with van der Waals surface area (Å²) in [5.74, 6) is -0.262. The van der Waals surface area contributed by atoms with Crippen molar-refractivity contribution in [2.75, 3.05) is 10.0 Å². The molecule has 0 aliphatic rings. The molecule has 0 aliphatic heterocycles. The molecule has 28 heavy (non-hydrogen) atoms. The van der Waals surface area contributed by atoms with Crippen molar-refractivity contribution >= 4 is 33.4 Å². The van der Waals surface area contributed by atoms with Crippen molar-refractivity contribution in [2.45, 2.75) is 6.92 Å². The maximum atomic E-state index is 12.3. The number of anilines is 2. The predicted octanol–water partition coefficient (Wildman–Crippen LogP) is 4.66. The molecule has 0 saturated heterocycles. The minimum absolute atomic E-state index is 0.262. The molecular formula is C22H20N2O3S. The van der Waals surface area contributed by atoms with Crippen molar-refractivity contribution in [3.63, 3.8) is 0 Å². The molecule has 0 saturated carbocycles. The van der Waals surface area contributed by atoms with Crippen molar-refractivity contribution in [3.8, 4) is 0 Å². The number of carbonyl (C=O) groups excluding carboxylic acids is 1. The molecule has 3 rings (SSSR count). The molecule has 5 nitrogen and oxygen atoms in total. The SMILES string of the molecule is Cc1ccc(NC(=O)c2ccc(NS(=O)(=O)/C=C/c3ccccc3)cc2)cc1. The van der Waals surface area contributed by atoms with Crippen molar-refractivity contribution in [2.24, 2.45) is 0 Å². The van der Waals surface area contributed by atoms with Gasteiger partial charge in [-0.15, -0.1) is 0 Å². The van der Waals surface area contributed by atoms with Crippen LogP contribution >= 0.6 is 0 Å². The van der Waals surface area contributed by atoms with E-state index in [2.05, 4.69) is 10.0 Å². The number of sulfonamides is 1. The van der Waals surface area contributed by atoms with Crippen molar-refractivity contribution in [1.82, 2.24) is 0 Å². The van der Waals surface area contributed by atoms with E-state index in [0.29, 0.717) is 16.9 Å². The molecule has 0 radical (unpaired) electrons. The Balaban J connectivity index is 1.64. The van der Waals surface area contributed by atoms with E-state index in [9.17, 15) is 13.2 Å². The van der Waals surface area contributed by atoms with E-state index in [1.54, 1.807) is 24.3 Å². The van der Waals surface area contributed by atoms with Crippen LogP contribution in [0.5, 0.6) is 0 Å². The summed E-state index contributed by atoms with van der Waals surface area (Å²) in [6.45, 7) is 1.97. The highest BCUT2D eigenvalue weighted by atomic mass is 32.2. The average Bonchev–Trinajstić information content (AvgIpc) is 2.69. The highest BCUT2D eigenvalue weighted by Crippen LogP contribution is 2.15. The molecule has 1 amide bonds. The van der Waals surface area contributed by atoms with Gasteiger partial charge in [-0.05, 0) is 55.0 Å². The van der Waals surface area contributed by atoms with Gasteiger partial charge in [0.15, 0.2) is 0 Å². The van der Waals surface area contributed by atoms with Gasteiger partial charge in [-0.2, -0.15) is 0 Å². The third kappa shape index (κ3) is 5.56. The molecular weight excluding hydrogens is 372 g/mol. The third-order valence-electron chi connectivity index (χ3n) is 3.96. The highest BCUT2D eigenvalue weighted by molar-refractivity contribution is 7.95. The van der Waals surface area contributed by atoms with E-state index in [1.165, 1.54) is 6.08 Å². The summed E-state index contributed by atoms with van der Waals surface area (Å²) >= 11 is 0. The van der Waals surface area contributed by atoms with Crippen LogP contribution in [-0.4, -0.2) is 14.3 Å². The molecule has 2 N–H and O–H groups in total. The first-order valence-corrected chi connectivity index (χ1v) is 10.2. The minimum atomic E-state index is -3.65. The maximum Gasteiger partial charge on any atom is 0.255 e. The van der Waals surface area contributed by atoms with Gasteiger partial charge in [-0.1, -0.05) is 48.0 Å². The molecule has 0 unspecified atom stereocenters. The Hall–Kier alpha value is -3.38. The zero-order chi connectivity index (χ0) is 20.0. The normalized spacial score (nSPS) is 11.3. The van der Waals surface area contributed by atoms with E-state index in [4.69, 9.17) is 0 Å². The number of carbonyl (C=O) groups is 1. The van der Waals surface area contributed by atoms with Gasteiger partial charge >= 0.3 is 0 Å². The number of hydrogen-bond donors (Lipinski definition) is 2. The lowest BCUT2D eigenvalue weighted by Gasteiger charge is -2.08. The zero-order valence-corrected chi connectivity index (χ0v) is 16.1. The second-order valence-electron chi connectivity index (χ2n) is 6.26. The molecule has 0 bridgehead atoms. The fourth-order valence-corrected chi connectivity index (χ4v) is 3.33. The quantitative estimate of drug-likeness (QED) is 0.641. The van der Waals surface area contributed by atoms with Gasteiger partial charge in [0, 0.05) is 16.9 Å². The molecule has 0 atom stereocenters. The van der Waals surface area contributed by atoms with Gasteiger partial charge in [0.25, 0.3) is 15.9 Å². The second kappa shape index (κ2) is 8.54. The number of nitrogens with one attached hydrogen (secondary N) is 2. The van der Waals surface area contributed by atoms with Crippen LogP contribution in [0.25, 0.3) is 6.08 Å². The first-order chi connectivity index (χ1) is 13.4. The molecule has 142 valence electrons. The first kappa shape index (κ1) is 19.4. The summed E-state index contributed by atoms with van der Waals surface area (Å²) in [6.07, 6.45) is 1.52. The van der Waals surface area contributed by atoms with Gasteiger partial charge in [0.1, 0.15) is 0 Å². The number of benzene rings is 3. The zero-order valence-electron chi connectivity index (χ0n) is 15.3. The number of amides is 1. The molecule has 0 aromatic heterocycles. The monoisotopic (exact) mass is 392 g/mol. The van der Waals surface area contributed by atoms with Gasteiger partial charge in [0.2, 0.25) is 0 Å². The topological polar surface area (TPSA) is 75.3 Å². The van der Waals surface area contributed by atoms with Crippen LogP contribution in [0.3, 0.4) is 0 Å². The lowest BCUT2D eigenvalue weighted by molar-refractivity contribution is 0.102. The fourth-order valence-electron chi connectivity index (χ4n) is 2.46. The van der Waals surface area contributed by atoms with Crippen LogP contribution in [0.4, 0.5) is 11.4 Å². The van der Waals surface area contributed by atoms with E-state index in [1.807, 2.05) is 61.5 Å². The second-order valence-corrected chi connectivity index (χ2v) is 7.82. The summed E-state index contributed by atoms with van der Waals surface area (Å²) in [7, 11) is -3.65. The minimum Gasteiger partial charge on any atom is -0.322 e. The molecule has 3 aromatic rings. The van der Waals surface area contributed by atoms with Crippen LogP contribution in [0.15, 0.2) is 84.3 Å². The third-order valence-corrected chi connectivity index (χ3v) is 4.97. The smallest absolute Gasteiger partial charge is 0.255 e. The molecule has 6 heteroatoms. The van der Waals surface area contributed by atoms with Crippen LogP contribution in [0, 0.1) is 6.92 Å². The van der Waals surface area contributed by atoms with Crippen LogP contribution in [0.1, 0.15) is 21.5 Å². The summed E-state index contributed by atoms with van der Waals surface area (Å²) in [5.41, 5.74) is 3.41. The Labute approximate surface area is 164 Å². The Bertz CT molecular complexity index is 1070. The van der Waals surface area contributed by atoms with E-state index in [-0.39, 0.29) is 5.91 Å². The largest absolute Gasteiger partial charge is 0.322 e. The van der Waals surface area contributed by atoms with Gasteiger partial charge in [-0.3, -0.25) is 9.52 Å². The lowest BCUT2D eigenvalue weighted by Crippen LogP contribution is -2.12. The predicted molar refractivity (Wildman–Crippen MR) is 114 cm³/mol. The highest BCUT2D eigenvalue weighted by Gasteiger charge is 2.09. The van der Waals surface area contributed by atoms with E-state index in [0.717, 1.165) is 16.5 Å².